The zero-order chi connectivity index (χ0) is 22.1. The van der Waals surface area contributed by atoms with E-state index in [1.165, 1.54) is 30.3 Å². The predicted octanol–water partition coefficient (Wildman–Crippen LogP) is 6.52. The maximum absolute atomic E-state index is 14.1. The summed E-state index contributed by atoms with van der Waals surface area (Å²) < 4.78 is 40.6. The number of nitrogens with zero attached hydrogens (tertiary/aromatic N) is 2. The van der Waals surface area contributed by atoms with Crippen molar-refractivity contribution in [1.29, 1.82) is 0 Å². The van der Waals surface area contributed by atoms with Crippen molar-refractivity contribution in [2.75, 3.05) is 24.5 Å². The first-order valence-corrected chi connectivity index (χ1v) is 11.1. The van der Waals surface area contributed by atoms with Gasteiger partial charge in [0, 0.05) is 43.0 Å². The highest BCUT2D eigenvalue weighted by Crippen LogP contribution is 2.48. The maximum Gasteiger partial charge on any atom is 0.123 e. The Kier molecular flexibility index (Phi) is 5.75. The van der Waals surface area contributed by atoms with E-state index in [2.05, 4.69) is 15.9 Å². The highest BCUT2D eigenvalue weighted by atomic mass is 19.1. The molecular formula is C27H25F3N2. The molecule has 164 valence electrons. The zero-order valence-electron chi connectivity index (χ0n) is 17.7. The van der Waals surface area contributed by atoms with Crippen molar-refractivity contribution in [2.45, 2.75) is 24.8 Å². The Morgan fingerprint density at radius 3 is 2.28 bits per heavy atom. The molecule has 5 rings (SSSR count). The summed E-state index contributed by atoms with van der Waals surface area (Å²) in [6.07, 6.45) is 5.99. The van der Waals surface area contributed by atoms with E-state index in [4.69, 9.17) is 0 Å². The Labute approximate surface area is 186 Å². The normalized spacial score (nSPS) is 20.5. The lowest BCUT2D eigenvalue weighted by Gasteiger charge is -2.39. The summed E-state index contributed by atoms with van der Waals surface area (Å²) in [6, 6.07) is 18.3. The number of rotatable bonds is 5. The van der Waals surface area contributed by atoms with Gasteiger partial charge in [-0.1, -0.05) is 24.3 Å². The lowest BCUT2D eigenvalue weighted by molar-refractivity contribution is 0.200. The van der Waals surface area contributed by atoms with E-state index in [0.717, 1.165) is 55.0 Å². The second-order valence-corrected chi connectivity index (χ2v) is 8.56. The molecule has 2 aliphatic rings. The van der Waals surface area contributed by atoms with Crippen LogP contribution in [0.5, 0.6) is 0 Å². The molecule has 0 aromatic heterocycles. The molecule has 2 aliphatic heterocycles. The van der Waals surface area contributed by atoms with Gasteiger partial charge in [-0.05, 0) is 78.6 Å². The minimum absolute atomic E-state index is 0.209. The van der Waals surface area contributed by atoms with E-state index in [-0.39, 0.29) is 29.4 Å². The Hall–Kier alpha value is -3.05. The fourth-order valence-corrected chi connectivity index (χ4v) is 5.03. The molecule has 2 unspecified atom stereocenters. The number of hydrogen-bond acceptors (Lipinski definition) is 2. The molecule has 32 heavy (non-hydrogen) atoms. The quantitative estimate of drug-likeness (QED) is 0.451. The molecule has 0 N–H and O–H groups in total. The predicted molar refractivity (Wildman–Crippen MR) is 123 cm³/mol. The molecule has 0 saturated carbocycles. The summed E-state index contributed by atoms with van der Waals surface area (Å²) in [5.74, 6) is -0.497. The maximum atomic E-state index is 14.1. The fourth-order valence-electron chi connectivity index (χ4n) is 5.03. The molecule has 3 aromatic carbocycles. The van der Waals surface area contributed by atoms with Crippen LogP contribution in [-0.2, 0) is 0 Å². The summed E-state index contributed by atoms with van der Waals surface area (Å²) in [5, 5.41) is 0. The molecule has 0 spiro atoms. The van der Waals surface area contributed by atoms with Crippen molar-refractivity contribution in [3.63, 3.8) is 0 Å². The molecule has 0 amide bonds. The van der Waals surface area contributed by atoms with Crippen LogP contribution in [-0.4, -0.2) is 30.6 Å². The third kappa shape index (κ3) is 4.17. The van der Waals surface area contributed by atoms with Gasteiger partial charge in [-0.15, -0.1) is 0 Å². The summed E-state index contributed by atoms with van der Waals surface area (Å²) in [4.78, 5) is 4.68. The SMILES string of the molecule is Fc1ccc(/C=C/CCN2CCC3C(C2)c2cc(F)ccc2N3c2ccc(F)cc2)cc1. The van der Waals surface area contributed by atoms with Crippen molar-refractivity contribution < 1.29 is 13.2 Å². The topological polar surface area (TPSA) is 6.48 Å². The Bertz CT molecular complexity index is 1110. The molecule has 2 atom stereocenters. The van der Waals surface area contributed by atoms with Crippen LogP contribution >= 0.6 is 0 Å². The Morgan fingerprint density at radius 2 is 1.53 bits per heavy atom. The molecule has 2 heterocycles. The zero-order valence-corrected chi connectivity index (χ0v) is 17.7. The molecule has 2 nitrogen and oxygen atoms in total. The van der Waals surface area contributed by atoms with Gasteiger partial charge in [-0.3, -0.25) is 0 Å². The molecule has 0 radical (unpaired) electrons. The van der Waals surface area contributed by atoms with E-state index in [1.807, 2.05) is 12.1 Å². The minimum atomic E-state index is -0.257. The fraction of sp³-hybridized carbons (Fsp3) is 0.259. The summed E-state index contributed by atoms with van der Waals surface area (Å²) in [6.45, 7) is 2.74. The lowest BCUT2D eigenvalue weighted by atomic mass is 9.89. The van der Waals surface area contributed by atoms with Gasteiger partial charge in [0.1, 0.15) is 17.5 Å². The molecule has 1 saturated heterocycles. The van der Waals surface area contributed by atoms with Gasteiger partial charge in [0.05, 0.1) is 0 Å². The number of hydrogen-bond donors (Lipinski definition) is 0. The van der Waals surface area contributed by atoms with Gasteiger partial charge >= 0.3 is 0 Å². The van der Waals surface area contributed by atoms with Crippen LogP contribution in [0.3, 0.4) is 0 Å². The van der Waals surface area contributed by atoms with Crippen molar-refractivity contribution in [1.82, 2.24) is 4.90 Å². The van der Waals surface area contributed by atoms with Gasteiger partial charge in [0.15, 0.2) is 0 Å². The first kappa shape index (κ1) is 20.8. The van der Waals surface area contributed by atoms with Crippen LogP contribution < -0.4 is 4.90 Å². The molecule has 1 fully saturated rings. The minimum Gasteiger partial charge on any atom is -0.337 e. The monoisotopic (exact) mass is 434 g/mol. The van der Waals surface area contributed by atoms with Crippen LogP contribution in [0.25, 0.3) is 6.08 Å². The van der Waals surface area contributed by atoms with Gasteiger partial charge in [0.25, 0.3) is 0 Å². The van der Waals surface area contributed by atoms with Crippen molar-refractivity contribution in [2.24, 2.45) is 0 Å². The number of halogens is 3. The summed E-state index contributed by atoms with van der Waals surface area (Å²) in [5.41, 5.74) is 3.99. The van der Waals surface area contributed by atoms with Gasteiger partial charge in [-0.2, -0.15) is 0 Å². The summed E-state index contributed by atoms with van der Waals surface area (Å²) in [7, 11) is 0. The number of fused-ring (bicyclic) bond motifs is 3. The highest BCUT2D eigenvalue weighted by molar-refractivity contribution is 5.73. The molecule has 0 aliphatic carbocycles. The van der Waals surface area contributed by atoms with Gasteiger partial charge in [0.2, 0.25) is 0 Å². The van der Waals surface area contributed by atoms with Crippen LogP contribution in [0.4, 0.5) is 24.5 Å². The standard InChI is InChI=1S/C27H25F3N2/c28-20-6-4-19(5-7-20)3-1-2-15-31-16-14-27-25(18-31)24-17-22(30)10-13-26(24)32(27)23-11-8-21(29)9-12-23/h1,3-13,17,25,27H,2,14-16,18H2/b3-1+. The first-order valence-electron chi connectivity index (χ1n) is 11.1. The third-order valence-electron chi connectivity index (χ3n) is 6.54. The molecule has 3 aromatic rings. The van der Waals surface area contributed by atoms with Crippen LogP contribution in [0, 0.1) is 17.5 Å². The first-order chi connectivity index (χ1) is 15.6. The van der Waals surface area contributed by atoms with Crippen LogP contribution in [0.1, 0.15) is 29.9 Å². The third-order valence-corrected chi connectivity index (χ3v) is 6.54. The van der Waals surface area contributed by atoms with E-state index >= 15 is 0 Å². The van der Waals surface area contributed by atoms with E-state index in [1.54, 1.807) is 30.3 Å². The Balaban J connectivity index is 1.30. The van der Waals surface area contributed by atoms with Crippen LogP contribution in [0.2, 0.25) is 0 Å². The van der Waals surface area contributed by atoms with E-state index in [9.17, 15) is 13.2 Å². The average molecular weight is 435 g/mol. The largest absolute Gasteiger partial charge is 0.337 e. The van der Waals surface area contributed by atoms with Crippen LogP contribution in [0.15, 0.2) is 72.8 Å². The van der Waals surface area contributed by atoms with Crippen molar-refractivity contribution in [3.05, 3.63) is 101 Å². The number of anilines is 2. The highest BCUT2D eigenvalue weighted by Gasteiger charge is 2.42. The number of piperidine rings is 1. The molecule has 0 bridgehead atoms. The number of likely N-dealkylation sites (tertiary alicyclic amines) is 1. The molecular weight excluding hydrogens is 409 g/mol. The van der Waals surface area contributed by atoms with Crippen molar-refractivity contribution in [3.8, 4) is 0 Å². The van der Waals surface area contributed by atoms with Crippen molar-refractivity contribution >= 4 is 17.5 Å². The summed E-state index contributed by atoms with van der Waals surface area (Å²) >= 11 is 0. The number of benzene rings is 3. The van der Waals surface area contributed by atoms with Gasteiger partial charge in [-0.25, -0.2) is 13.2 Å². The van der Waals surface area contributed by atoms with E-state index < -0.39 is 0 Å². The molecule has 5 heteroatoms. The van der Waals surface area contributed by atoms with Gasteiger partial charge < -0.3 is 9.80 Å². The second kappa shape index (κ2) is 8.83. The lowest BCUT2D eigenvalue weighted by Crippen LogP contribution is -2.45. The van der Waals surface area contributed by atoms with E-state index in [0.29, 0.717) is 0 Å². The smallest absolute Gasteiger partial charge is 0.123 e. The second-order valence-electron chi connectivity index (χ2n) is 8.56. The Morgan fingerprint density at radius 1 is 0.844 bits per heavy atom. The average Bonchev–Trinajstić information content (AvgIpc) is 3.11.